The summed E-state index contributed by atoms with van der Waals surface area (Å²) in [6.45, 7) is 1.42. The number of thioether (sulfide) groups is 2. The second kappa shape index (κ2) is 8.53. The maximum atomic E-state index is 12.0. The summed E-state index contributed by atoms with van der Waals surface area (Å²) in [4.78, 5) is 24.7. The maximum Gasteiger partial charge on any atom is 0.326 e. The van der Waals surface area contributed by atoms with Crippen molar-refractivity contribution in [3.63, 3.8) is 0 Å². The molecule has 0 aromatic carbocycles. The van der Waals surface area contributed by atoms with Gasteiger partial charge >= 0.3 is 12.0 Å². The Morgan fingerprint density at radius 1 is 1.44 bits per heavy atom. The van der Waals surface area contributed by atoms with Crippen molar-refractivity contribution in [2.45, 2.75) is 18.9 Å². The predicted octanol–water partition coefficient (Wildman–Crippen LogP) is 1.34. The van der Waals surface area contributed by atoms with Crippen LogP contribution in [0, 0.1) is 0 Å². The van der Waals surface area contributed by atoms with Gasteiger partial charge in [-0.05, 0) is 30.6 Å². The number of urea groups is 1. The predicted molar refractivity (Wildman–Crippen MR) is 76.5 cm³/mol. The quantitative estimate of drug-likeness (QED) is 0.800. The molecule has 1 saturated heterocycles. The smallest absolute Gasteiger partial charge is 0.326 e. The van der Waals surface area contributed by atoms with E-state index in [1.807, 2.05) is 18.0 Å². The van der Waals surface area contributed by atoms with Crippen LogP contribution in [-0.4, -0.2) is 64.7 Å². The molecule has 5 nitrogen and oxygen atoms in total. The van der Waals surface area contributed by atoms with E-state index < -0.39 is 12.0 Å². The number of carbonyl (C=O) groups excluding carboxylic acids is 1. The first kappa shape index (κ1) is 15.5. The Hall–Kier alpha value is -0.560. The SMILES string of the molecule is CSCC[C@H](NC(=O)N1CCCSCC1)C(=O)O. The van der Waals surface area contributed by atoms with Crippen LogP contribution in [0.1, 0.15) is 12.8 Å². The van der Waals surface area contributed by atoms with Crippen molar-refractivity contribution in [1.29, 1.82) is 0 Å². The molecule has 7 heteroatoms. The second-order valence-electron chi connectivity index (χ2n) is 4.07. The van der Waals surface area contributed by atoms with Crippen LogP contribution in [0.25, 0.3) is 0 Å². The van der Waals surface area contributed by atoms with Crippen molar-refractivity contribution in [1.82, 2.24) is 10.2 Å². The molecule has 0 saturated carbocycles. The zero-order valence-corrected chi connectivity index (χ0v) is 12.2. The van der Waals surface area contributed by atoms with Gasteiger partial charge < -0.3 is 15.3 Å². The van der Waals surface area contributed by atoms with E-state index in [1.165, 1.54) is 0 Å². The minimum Gasteiger partial charge on any atom is -0.480 e. The Morgan fingerprint density at radius 2 is 2.22 bits per heavy atom. The number of nitrogens with zero attached hydrogens (tertiary/aromatic N) is 1. The molecular weight excluding hydrogens is 272 g/mol. The highest BCUT2D eigenvalue weighted by molar-refractivity contribution is 7.99. The summed E-state index contributed by atoms with van der Waals surface area (Å²) >= 11 is 3.42. The van der Waals surface area contributed by atoms with Crippen LogP contribution in [0.5, 0.6) is 0 Å². The number of hydrogen-bond donors (Lipinski definition) is 2. The molecule has 0 spiro atoms. The summed E-state index contributed by atoms with van der Waals surface area (Å²) < 4.78 is 0. The highest BCUT2D eigenvalue weighted by Crippen LogP contribution is 2.10. The van der Waals surface area contributed by atoms with E-state index in [-0.39, 0.29) is 6.03 Å². The molecule has 1 heterocycles. The Bertz CT molecular complexity index is 281. The summed E-state index contributed by atoms with van der Waals surface area (Å²) in [5.41, 5.74) is 0. The molecule has 104 valence electrons. The zero-order valence-electron chi connectivity index (χ0n) is 10.6. The lowest BCUT2D eigenvalue weighted by Gasteiger charge is -2.23. The second-order valence-corrected chi connectivity index (χ2v) is 6.29. The van der Waals surface area contributed by atoms with Gasteiger partial charge in [-0.15, -0.1) is 0 Å². The monoisotopic (exact) mass is 292 g/mol. The van der Waals surface area contributed by atoms with Crippen molar-refractivity contribution in [2.75, 3.05) is 36.6 Å². The molecule has 0 aromatic heterocycles. The topological polar surface area (TPSA) is 69.6 Å². The van der Waals surface area contributed by atoms with E-state index in [9.17, 15) is 9.59 Å². The molecule has 2 N–H and O–H groups in total. The average molecular weight is 292 g/mol. The molecule has 1 aliphatic heterocycles. The number of amides is 2. The van der Waals surface area contributed by atoms with Crippen LogP contribution in [-0.2, 0) is 4.79 Å². The van der Waals surface area contributed by atoms with Gasteiger partial charge in [0.1, 0.15) is 6.04 Å². The molecule has 1 atom stereocenters. The highest BCUT2D eigenvalue weighted by atomic mass is 32.2. The van der Waals surface area contributed by atoms with Gasteiger partial charge in [0.2, 0.25) is 0 Å². The normalized spacial score (nSPS) is 17.9. The van der Waals surface area contributed by atoms with Gasteiger partial charge in [0.05, 0.1) is 0 Å². The van der Waals surface area contributed by atoms with Gasteiger partial charge in [0.25, 0.3) is 0 Å². The van der Waals surface area contributed by atoms with Gasteiger partial charge in [0.15, 0.2) is 0 Å². The van der Waals surface area contributed by atoms with Gasteiger partial charge in [-0.2, -0.15) is 23.5 Å². The molecule has 2 amide bonds. The third-order valence-corrected chi connectivity index (χ3v) is 4.41. The Balaban J connectivity index is 2.45. The van der Waals surface area contributed by atoms with Crippen LogP contribution in [0.15, 0.2) is 0 Å². The molecule has 0 bridgehead atoms. The molecule has 1 fully saturated rings. The average Bonchev–Trinajstić information content (AvgIpc) is 2.62. The van der Waals surface area contributed by atoms with E-state index >= 15 is 0 Å². The first-order valence-corrected chi connectivity index (χ1v) is 8.55. The molecular formula is C11H20N2O3S2. The third-order valence-electron chi connectivity index (χ3n) is 2.72. The fraction of sp³-hybridized carbons (Fsp3) is 0.818. The number of nitrogens with one attached hydrogen (secondary N) is 1. The molecule has 18 heavy (non-hydrogen) atoms. The van der Waals surface area contributed by atoms with Crippen molar-refractivity contribution >= 4 is 35.5 Å². The van der Waals surface area contributed by atoms with Crippen molar-refractivity contribution < 1.29 is 14.7 Å². The number of carboxylic acids is 1. The number of aliphatic carboxylic acids is 1. The molecule has 1 aliphatic rings. The van der Waals surface area contributed by atoms with Gasteiger partial charge in [-0.1, -0.05) is 0 Å². The van der Waals surface area contributed by atoms with E-state index in [1.54, 1.807) is 16.7 Å². The lowest BCUT2D eigenvalue weighted by molar-refractivity contribution is -0.139. The molecule has 0 radical (unpaired) electrons. The summed E-state index contributed by atoms with van der Waals surface area (Å²) in [5, 5.41) is 11.7. The fourth-order valence-corrected chi connectivity index (χ4v) is 3.04. The lowest BCUT2D eigenvalue weighted by Crippen LogP contribution is -2.48. The van der Waals surface area contributed by atoms with E-state index in [2.05, 4.69) is 5.32 Å². The number of carboxylic acid groups (broad SMARTS) is 1. The van der Waals surface area contributed by atoms with E-state index in [0.29, 0.717) is 19.5 Å². The van der Waals surface area contributed by atoms with E-state index in [0.717, 1.165) is 23.7 Å². The third kappa shape index (κ3) is 5.39. The first-order chi connectivity index (χ1) is 8.65. The van der Waals surface area contributed by atoms with Crippen LogP contribution in [0.3, 0.4) is 0 Å². The summed E-state index contributed by atoms with van der Waals surface area (Å²) in [7, 11) is 0. The maximum absolute atomic E-state index is 12.0. The van der Waals surface area contributed by atoms with Gasteiger partial charge in [-0.25, -0.2) is 9.59 Å². The van der Waals surface area contributed by atoms with Crippen LogP contribution < -0.4 is 5.32 Å². The number of carbonyl (C=O) groups is 2. The number of rotatable bonds is 5. The zero-order chi connectivity index (χ0) is 13.4. The molecule has 0 aromatic rings. The standard InChI is InChI=1S/C11H20N2O3S2/c1-17-7-3-9(10(14)15)12-11(16)13-4-2-6-18-8-5-13/h9H,2-8H2,1H3,(H,12,16)(H,14,15)/t9-/m0/s1. The largest absolute Gasteiger partial charge is 0.480 e. The van der Waals surface area contributed by atoms with Gasteiger partial charge in [-0.3, -0.25) is 0 Å². The lowest BCUT2D eigenvalue weighted by atomic mass is 10.2. The molecule has 0 aliphatic carbocycles. The van der Waals surface area contributed by atoms with Gasteiger partial charge in [0, 0.05) is 18.8 Å². The summed E-state index contributed by atoms with van der Waals surface area (Å²) in [5.74, 6) is 1.77. The Morgan fingerprint density at radius 3 is 2.89 bits per heavy atom. The van der Waals surface area contributed by atoms with Crippen molar-refractivity contribution in [3.8, 4) is 0 Å². The van der Waals surface area contributed by atoms with E-state index in [4.69, 9.17) is 5.11 Å². The van der Waals surface area contributed by atoms with Crippen LogP contribution in [0.2, 0.25) is 0 Å². The Kier molecular flexibility index (Phi) is 7.34. The summed E-state index contributed by atoms with van der Waals surface area (Å²) in [6.07, 6.45) is 3.36. The van der Waals surface area contributed by atoms with Crippen LogP contribution in [0.4, 0.5) is 4.79 Å². The Labute approximate surface area is 116 Å². The summed E-state index contributed by atoms with van der Waals surface area (Å²) in [6, 6.07) is -1.02. The highest BCUT2D eigenvalue weighted by Gasteiger charge is 2.23. The van der Waals surface area contributed by atoms with Crippen molar-refractivity contribution in [3.05, 3.63) is 0 Å². The fourth-order valence-electron chi connectivity index (χ4n) is 1.68. The van der Waals surface area contributed by atoms with Crippen LogP contribution >= 0.6 is 23.5 Å². The minimum atomic E-state index is -0.957. The minimum absolute atomic E-state index is 0.244. The van der Waals surface area contributed by atoms with Crippen molar-refractivity contribution in [2.24, 2.45) is 0 Å². The number of hydrogen-bond acceptors (Lipinski definition) is 4. The molecule has 0 unspecified atom stereocenters. The first-order valence-electron chi connectivity index (χ1n) is 6.00. The molecule has 1 rings (SSSR count).